The van der Waals surface area contributed by atoms with Crippen molar-refractivity contribution in [2.75, 3.05) is 27.2 Å². The molecule has 0 aliphatic carbocycles. The smallest absolute Gasteiger partial charge is 0.475 e. The molecule has 0 radical (unpaired) electrons. The highest BCUT2D eigenvalue weighted by Gasteiger charge is 2.38. The molecule has 1 rings (SSSR count). The highest BCUT2D eigenvalue weighted by atomic mass is 19.4. The van der Waals surface area contributed by atoms with Gasteiger partial charge >= 0.3 is 12.1 Å². The van der Waals surface area contributed by atoms with Crippen LogP contribution in [0.5, 0.6) is 0 Å². The number of carboxylic acid groups (broad SMARTS) is 1. The average molecular weight is 620 g/mol. The third-order valence-corrected chi connectivity index (χ3v) is 5.46. The second-order valence-electron chi connectivity index (χ2n) is 9.09. The fourth-order valence-corrected chi connectivity index (χ4v) is 3.21. The van der Waals surface area contributed by atoms with Gasteiger partial charge in [-0.3, -0.25) is 30.0 Å². The molecular formula is C24H36F3N9O7. The number of amides is 4. The number of nitrogen functional groups attached to an aromatic ring is 1. The van der Waals surface area contributed by atoms with Gasteiger partial charge in [0.2, 0.25) is 23.6 Å². The fourth-order valence-electron chi connectivity index (χ4n) is 3.21. The highest BCUT2D eigenvalue weighted by Crippen LogP contribution is 2.14. The van der Waals surface area contributed by atoms with Gasteiger partial charge in [-0.05, 0) is 24.8 Å². The number of rotatable bonds is 14. The third kappa shape index (κ3) is 14.5. The number of benzene rings is 1. The molecular weight excluding hydrogens is 583 g/mol. The molecule has 0 fully saturated rings. The zero-order valence-corrected chi connectivity index (χ0v) is 23.3. The normalized spacial score (nSPS) is 12.7. The van der Waals surface area contributed by atoms with Crippen molar-refractivity contribution in [2.45, 2.75) is 37.5 Å². The number of carboxylic acids is 1. The Morgan fingerprint density at radius 1 is 0.953 bits per heavy atom. The maximum atomic E-state index is 13.0. The van der Waals surface area contributed by atoms with Crippen LogP contribution in [0.1, 0.15) is 24.0 Å². The Morgan fingerprint density at radius 2 is 1.47 bits per heavy atom. The first-order valence-electron chi connectivity index (χ1n) is 12.3. The number of amidine groups is 1. The number of carbonyl (C=O) groups is 5. The summed E-state index contributed by atoms with van der Waals surface area (Å²) in [6.45, 7) is -0.512. The zero-order chi connectivity index (χ0) is 33.5. The number of halogens is 3. The fraction of sp³-hybridized carbons (Fsp3) is 0.458. The van der Waals surface area contributed by atoms with E-state index < -0.39 is 60.4 Å². The number of nitrogens with two attached hydrogens (primary N) is 3. The number of carbonyl (C=O) groups excluding carboxylic acids is 4. The summed E-state index contributed by atoms with van der Waals surface area (Å²) in [5, 5.41) is 38.7. The topological polar surface area (TPSA) is 291 Å². The van der Waals surface area contributed by atoms with Gasteiger partial charge in [0.1, 0.15) is 23.8 Å². The van der Waals surface area contributed by atoms with Crippen molar-refractivity contribution < 1.29 is 47.4 Å². The van der Waals surface area contributed by atoms with E-state index in [1.165, 1.54) is 19.0 Å². The van der Waals surface area contributed by atoms with Crippen molar-refractivity contribution in [1.29, 1.82) is 10.8 Å². The van der Waals surface area contributed by atoms with Gasteiger partial charge < -0.3 is 48.3 Å². The van der Waals surface area contributed by atoms with Gasteiger partial charge in [0, 0.05) is 26.2 Å². The molecule has 16 nitrogen and oxygen atoms in total. The van der Waals surface area contributed by atoms with Gasteiger partial charge in [-0.15, -0.1) is 0 Å². The number of hydrogen-bond acceptors (Lipinski definition) is 8. The van der Waals surface area contributed by atoms with Crippen LogP contribution in [0.15, 0.2) is 24.3 Å². The molecule has 1 aromatic rings. The molecule has 0 aliphatic heterocycles. The molecule has 240 valence electrons. The van der Waals surface area contributed by atoms with Crippen LogP contribution in [-0.4, -0.2) is 102 Å². The SMILES string of the molecule is CN(C)C(=O)C(Cc1ccc(C(=N)N)cc1)C(=O)N[C@@H](CO)C(=O)N[C@@H](CCCNC(=N)N)C(N)=O.O=C(O)C(F)(F)F. The van der Waals surface area contributed by atoms with Gasteiger partial charge in [-0.2, -0.15) is 13.2 Å². The summed E-state index contributed by atoms with van der Waals surface area (Å²) in [6, 6.07) is 3.92. The van der Waals surface area contributed by atoms with Crippen LogP contribution in [0, 0.1) is 16.7 Å². The second-order valence-corrected chi connectivity index (χ2v) is 9.09. The molecule has 1 unspecified atom stereocenters. The highest BCUT2D eigenvalue weighted by molar-refractivity contribution is 6.02. The van der Waals surface area contributed by atoms with Crippen molar-refractivity contribution in [2.24, 2.45) is 23.1 Å². The van der Waals surface area contributed by atoms with Crippen molar-refractivity contribution in [3.8, 4) is 0 Å². The predicted octanol–water partition coefficient (Wildman–Crippen LogP) is -2.44. The number of nitrogens with one attached hydrogen (secondary N) is 5. The zero-order valence-electron chi connectivity index (χ0n) is 23.3. The summed E-state index contributed by atoms with van der Waals surface area (Å²) in [6.07, 6.45) is -4.61. The van der Waals surface area contributed by atoms with Crippen LogP contribution < -0.4 is 33.2 Å². The van der Waals surface area contributed by atoms with E-state index >= 15 is 0 Å². The van der Waals surface area contributed by atoms with Gasteiger partial charge in [-0.25, -0.2) is 4.79 Å². The molecule has 13 N–H and O–H groups in total. The number of aliphatic carboxylic acids is 1. The average Bonchev–Trinajstić information content (AvgIpc) is 2.90. The summed E-state index contributed by atoms with van der Waals surface area (Å²) in [5.74, 6) is -7.31. The molecule has 43 heavy (non-hydrogen) atoms. The molecule has 3 atom stereocenters. The van der Waals surface area contributed by atoms with Crippen LogP contribution in [0.3, 0.4) is 0 Å². The summed E-state index contributed by atoms with van der Waals surface area (Å²) < 4.78 is 31.7. The summed E-state index contributed by atoms with van der Waals surface area (Å²) in [5.41, 5.74) is 17.1. The first-order chi connectivity index (χ1) is 19.8. The van der Waals surface area contributed by atoms with E-state index in [2.05, 4.69) is 16.0 Å². The molecule has 0 heterocycles. The van der Waals surface area contributed by atoms with E-state index in [0.717, 1.165) is 0 Å². The van der Waals surface area contributed by atoms with E-state index in [0.29, 0.717) is 17.5 Å². The van der Waals surface area contributed by atoms with Crippen molar-refractivity contribution in [1.82, 2.24) is 20.9 Å². The van der Waals surface area contributed by atoms with Crippen molar-refractivity contribution >= 4 is 41.4 Å². The number of hydrogen-bond donors (Lipinski definition) is 10. The largest absolute Gasteiger partial charge is 0.490 e. The molecule has 4 amide bonds. The summed E-state index contributed by atoms with van der Waals surface area (Å²) in [4.78, 5) is 60.3. The molecule has 0 aliphatic rings. The molecule has 0 saturated heterocycles. The molecule has 1 aromatic carbocycles. The van der Waals surface area contributed by atoms with E-state index in [1.807, 2.05) is 0 Å². The van der Waals surface area contributed by atoms with Crippen molar-refractivity contribution in [3.05, 3.63) is 35.4 Å². The minimum atomic E-state index is -5.08. The van der Waals surface area contributed by atoms with Crippen molar-refractivity contribution in [3.63, 3.8) is 0 Å². The quantitative estimate of drug-likeness (QED) is 0.0454. The van der Waals surface area contributed by atoms with E-state index in [-0.39, 0.29) is 31.2 Å². The van der Waals surface area contributed by atoms with Crippen LogP contribution in [-0.2, 0) is 30.4 Å². The maximum Gasteiger partial charge on any atom is 0.490 e. The molecule has 0 spiro atoms. The summed E-state index contributed by atoms with van der Waals surface area (Å²) >= 11 is 0. The van der Waals surface area contributed by atoms with E-state index in [9.17, 15) is 37.5 Å². The van der Waals surface area contributed by atoms with Gasteiger partial charge in [0.15, 0.2) is 5.96 Å². The molecule has 19 heteroatoms. The summed E-state index contributed by atoms with van der Waals surface area (Å²) in [7, 11) is 2.96. The minimum Gasteiger partial charge on any atom is -0.475 e. The second kappa shape index (κ2) is 17.8. The van der Waals surface area contributed by atoms with Crippen LogP contribution >= 0.6 is 0 Å². The Balaban J connectivity index is 0.00000223. The number of nitrogens with zero attached hydrogens (tertiary/aromatic N) is 1. The Labute approximate surface area is 244 Å². The Bertz CT molecular complexity index is 1160. The number of primary amides is 1. The van der Waals surface area contributed by atoms with Crippen LogP contribution in [0.25, 0.3) is 0 Å². The monoisotopic (exact) mass is 619 g/mol. The third-order valence-electron chi connectivity index (χ3n) is 5.46. The Morgan fingerprint density at radius 3 is 1.86 bits per heavy atom. The van der Waals surface area contributed by atoms with Gasteiger partial charge in [0.25, 0.3) is 0 Å². The lowest BCUT2D eigenvalue weighted by Gasteiger charge is -2.24. The number of alkyl halides is 3. The van der Waals surface area contributed by atoms with Crippen LogP contribution in [0.4, 0.5) is 13.2 Å². The predicted molar refractivity (Wildman–Crippen MR) is 146 cm³/mol. The molecule has 0 aromatic heterocycles. The lowest BCUT2D eigenvalue weighted by Crippen LogP contribution is -2.56. The molecule has 0 saturated carbocycles. The number of guanidine groups is 1. The van der Waals surface area contributed by atoms with E-state index in [4.69, 9.17) is 37.9 Å². The van der Waals surface area contributed by atoms with Gasteiger partial charge in [0.05, 0.1) is 6.61 Å². The first-order valence-corrected chi connectivity index (χ1v) is 12.3. The molecule has 0 bridgehead atoms. The Hall–Kier alpha value is -4.94. The lowest BCUT2D eigenvalue weighted by molar-refractivity contribution is -0.192. The van der Waals surface area contributed by atoms with Crippen LogP contribution in [0.2, 0.25) is 0 Å². The number of aliphatic hydroxyl groups excluding tert-OH is 1. The lowest BCUT2D eigenvalue weighted by atomic mass is 9.96. The Kier molecular flexibility index (Phi) is 15.7. The van der Waals surface area contributed by atoms with E-state index in [1.54, 1.807) is 24.3 Å². The van der Waals surface area contributed by atoms with Gasteiger partial charge in [-0.1, -0.05) is 24.3 Å². The number of aliphatic hydroxyl groups is 1. The standard InChI is InChI=1S/C22H35N9O5.C2HF3O2/c1-31(2)21(36)14(10-12-5-7-13(8-6-12)17(23)24)19(34)30-16(11-32)20(35)29-15(18(25)33)4-3-9-28-22(26)27;3-2(4,5)1(6)7/h5-8,14-16,32H,3-4,9-11H2,1-2H3,(H3,23,24)(H2,25,33)(H,29,35)(H,30,34)(H4,26,27,28);(H,6,7)/t14?,15-,16-;/m0./s1. The maximum absolute atomic E-state index is 13.0. The minimum absolute atomic E-state index is 0.00609. The first kappa shape index (κ1) is 38.1.